The van der Waals surface area contributed by atoms with Gasteiger partial charge in [-0.25, -0.2) is 12.7 Å². The van der Waals surface area contributed by atoms with Crippen molar-refractivity contribution < 1.29 is 17.9 Å². The predicted octanol–water partition coefficient (Wildman–Crippen LogP) is 2.06. The molecule has 1 heterocycles. The van der Waals surface area contributed by atoms with Crippen LogP contribution in [0.25, 0.3) is 0 Å². The molecular formula is C15H23NO4S. The molecule has 0 unspecified atom stereocenters. The first-order valence-corrected chi connectivity index (χ1v) is 8.86. The molecule has 21 heavy (non-hydrogen) atoms. The number of benzene rings is 1. The van der Waals surface area contributed by atoms with E-state index in [0.29, 0.717) is 30.3 Å². The van der Waals surface area contributed by atoms with Crippen molar-refractivity contribution in [1.82, 2.24) is 4.31 Å². The summed E-state index contributed by atoms with van der Waals surface area (Å²) in [5.74, 6) is 1.71. The SMILES string of the molecule is COc1ccc(CCCN2CCCCS2(=O)=O)cc1OC. The number of hydrogen-bond donors (Lipinski definition) is 0. The monoisotopic (exact) mass is 313 g/mol. The fourth-order valence-electron chi connectivity index (χ4n) is 2.59. The maximum atomic E-state index is 11.9. The molecule has 0 N–H and O–H groups in total. The highest BCUT2D eigenvalue weighted by atomic mass is 32.2. The van der Waals surface area contributed by atoms with Gasteiger partial charge in [0.25, 0.3) is 0 Å². The second kappa shape index (κ2) is 7.13. The molecule has 5 nitrogen and oxygen atoms in total. The first kappa shape index (κ1) is 16.1. The van der Waals surface area contributed by atoms with E-state index in [1.807, 2.05) is 18.2 Å². The molecule has 0 saturated carbocycles. The zero-order valence-electron chi connectivity index (χ0n) is 12.7. The van der Waals surface area contributed by atoms with Gasteiger partial charge in [0.2, 0.25) is 10.0 Å². The van der Waals surface area contributed by atoms with E-state index < -0.39 is 10.0 Å². The van der Waals surface area contributed by atoms with Gasteiger partial charge in [0.05, 0.1) is 20.0 Å². The van der Waals surface area contributed by atoms with Crippen molar-refractivity contribution in [3.63, 3.8) is 0 Å². The second-order valence-electron chi connectivity index (χ2n) is 5.22. The Balaban J connectivity index is 1.91. The molecule has 1 aromatic carbocycles. The Morgan fingerprint density at radius 3 is 2.57 bits per heavy atom. The van der Waals surface area contributed by atoms with E-state index in [1.54, 1.807) is 18.5 Å². The summed E-state index contributed by atoms with van der Waals surface area (Å²) in [6.45, 7) is 1.25. The zero-order valence-corrected chi connectivity index (χ0v) is 13.5. The molecule has 0 spiro atoms. The van der Waals surface area contributed by atoms with Gasteiger partial charge < -0.3 is 9.47 Å². The van der Waals surface area contributed by atoms with Crippen LogP contribution in [0, 0.1) is 0 Å². The lowest BCUT2D eigenvalue weighted by Crippen LogP contribution is -2.38. The number of nitrogens with zero attached hydrogens (tertiary/aromatic N) is 1. The number of rotatable bonds is 6. The van der Waals surface area contributed by atoms with Crippen molar-refractivity contribution in [2.24, 2.45) is 0 Å². The third-order valence-corrected chi connectivity index (χ3v) is 5.73. The molecular weight excluding hydrogens is 290 g/mol. The van der Waals surface area contributed by atoms with Gasteiger partial charge in [-0.15, -0.1) is 0 Å². The molecule has 1 saturated heterocycles. The molecule has 0 radical (unpaired) electrons. The highest BCUT2D eigenvalue weighted by molar-refractivity contribution is 7.89. The number of sulfonamides is 1. The van der Waals surface area contributed by atoms with Crippen molar-refractivity contribution in [2.45, 2.75) is 25.7 Å². The largest absolute Gasteiger partial charge is 0.493 e. The third-order valence-electron chi connectivity index (χ3n) is 3.77. The van der Waals surface area contributed by atoms with Crippen molar-refractivity contribution >= 4 is 10.0 Å². The Labute approximate surface area is 126 Å². The quantitative estimate of drug-likeness (QED) is 0.807. The second-order valence-corrected chi connectivity index (χ2v) is 7.30. The van der Waals surface area contributed by atoms with Gasteiger partial charge in [-0.2, -0.15) is 0 Å². The van der Waals surface area contributed by atoms with E-state index in [0.717, 1.165) is 31.2 Å². The summed E-state index contributed by atoms with van der Waals surface area (Å²) in [6.07, 6.45) is 3.39. The lowest BCUT2D eigenvalue weighted by atomic mass is 10.1. The molecule has 0 aromatic heterocycles. The molecule has 0 atom stereocenters. The molecule has 0 bridgehead atoms. The van der Waals surface area contributed by atoms with E-state index in [-0.39, 0.29) is 0 Å². The predicted molar refractivity (Wildman–Crippen MR) is 82.5 cm³/mol. The zero-order chi connectivity index (χ0) is 15.3. The average Bonchev–Trinajstić information content (AvgIpc) is 2.48. The van der Waals surface area contributed by atoms with Crippen LogP contribution in [0.5, 0.6) is 11.5 Å². The maximum Gasteiger partial charge on any atom is 0.214 e. The molecule has 1 aromatic rings. The number of hydrogen-bond acceptors (Lipinski definition) is 4. The van der Waals surface area contributed by atoms with Crippen LogP contribution in [0.3, 0.4) is 0 Å². The van der Waals surface area contributed by atoms with Crippen LogP contribution in [0.15, 0.2) is 18.2 Å². The van der Waals surface area contributed by atoms with E-state index in [1.165, 1.54) is 0 Å². The molecule has 118 valence electrons. The lowest BCUT2D eigenvalue weighted by Gasteiger charge is -2.26. The minimum absolute atomic E-state index is 0.295. The summed E-state index contributed by atoms with van der Waals surface area (Å²) >= 11 is 0. The van der Waals surface area contributed by atoms with E-state index in [9.17, 15) is 8.42 Å². The Morgan fingerprint density at radius 1 is 1.14 bits per heavy atom. The highest BCUT2D eigenvalue weighted by Crippen LogP contribution is 2.28. The van der Waals surface area contributed by atoms with Gasteiger partial charge >= 0.3 is 0 Å². The molecule has 1 aliphatic rings. The number of ether oxygens (including phenoxy) is 2. The summed E-state index contributed by atoms with van der Waals surface area (Å²) in [5, 5.41) is 0. The van der Waals surface area contributed by atoms with Gasteiger partial charge in [0, 0.05) is 13.1 Å². The first-order valence-electron chi connectivity index (χ1n) is 7.25. The van der Waals surface area contributed by atoms with Crippen LogP contribution in [-0.2, 0) is 16.4 Å². The minimum atomic E-state index is -3.01. The molecule has 1 fully saturated rings. The van der Waals surface area contributed by atoms with Gasteiger partial charge in [-0.3, -0.25) is 0 Å². The van der Waals surface area contributed by atoms with Crippen LogP contribution in [0.1, 0.15) is 24.8 Å². The minimum Gasteiger partial charge on any atom is -0.493 e. The highest BCUT2D eigenvalue weighted by Gasteiger charge is 2.24. The van der Waals surface area contributed by atoms with Crippen LogP contribution in [0.2, 0.25) is 0 Å². The fourth-order valence-corrected chi connectivity index (χ4v) is 4.23. The Kier molecular flexibility index (Phi) is 5.47. The van der Waals surface area contributed by atoms with Crippen LogP contribution < -0.4 is 9.47 Å². The van der Waals surface area contributed by atoms with E-state index >= 15 is 0 Å². The van der Waals surface area contributed by atoms with Gasteiger partial charge in [0.1, 0.15) is 0 Å². The van der Waals surface area contributed by atoms with Crippen molar-refractivity contribution in [3.8, 4) is 11.5 Å². The van der Waals surface area contributed by atoms with Crippen molar-refractivity contribution in [2.75, 3.05) is 33.1 Å². The fraction of sp³-hybridized carbons (Fsp3) is 0.600. The summed E-state index contributed by atoms with van der Waals surface area (Å²) in [5.41, 5.74) is 1.13. The first-order chi connectivity index (χ1) is 10.1. The molecule has 0 amide bonds. The molecule has 1 aliphatic heterocycles. The summed E-state index contributed by atoms with van der Waals surface area (Å²) < 4.78 is 35.9. The standard InChI is InChI=1S/C15H23NO4S/c1-19-14-8-7-13(12-15(14)20-2)6-5-10-16-9-3-4-11-21(16,17)18/h7-8,12H,3-6,9-11H2,1-2H3. The van der Waals surface area contributed by atoms with Crippen LogP contribution in [-0.4, -0.2) is 45.8 Å². The van der Waals surface area contributed by atoms with Crippen molar-refractivity contribution in [1.29, 1.82) is 0 Å². The Morgan fingerprint density at radius 2 is 1.90 bits per heavy atom. The smallest absolute Gasteiger partial charge is 0.214 e. The normalized spacial score (nSPS) is 18.4. The van der Waals surface area contributed by atoms with E-state index in [2.05, 4.69) is 0 Å². The third kappa shape index (κ3) is 4.11. The van der Waals surface area contributed by atoms with Crippen LogP contribution >= 0.6 is 0 Å². The maximum absolute atomic E-state index is 11.9. The Hall–Kier alpha value is -1.27. The summed E-state index contributed by atoms with van der Waals surface area (Å²) in [7, 11) is 0.210. The average molecular weight is 313 g/mol. The van der Waals surface area contributed by atoms with Crippen LogP contribution in [0.4, 0.5) is 0 Å². The summed E-state index contributed by atoms with van der Waals surface area (Å²) in [6, 6.07) is 5.82. The van der Waals surface area contributed by atoms with E-state index in [4.69, 9.17) is 9.47 Å². The molecule has 0 aliphatic carbocycles. The summed E-state index contributed by atoms with van der Waals surface area (Å²) in [4.78, 5) is 0. The topological polar surface area (TPSA) is 55.8 Å². The van der Waals surface area contributed by atoms with Gasteiger partial charge in [-0.05, 0) is 43.4 Å². The van der Waals surface area contributed by atoms with Gasteiger partial charge in [-0.1, -0.05) is 6.07 Å². The lowest BCUT2D eigenvalue weighted by molar-refractivity contribution is 0.354. The molecule has 2 rings (SSSR count). The number of methoxy groups -OCH3 is 2. The van der Waals surface area contributed by atoms with Gasteiger partial charge in [0.15, 0.2) is 11.5 Å². The molecule has 6 heteroatoms. The number of aryl methyl sites for hydroxylation is 1. The van der Waals surface area contributed by atoms with Crippen molar-refractivity contribution in [3.05, 3.63) is 23.8 Å². The Bertz CT molecular complexity index is 571.